The van der Waals surface area contributed by atoms with Crippen molar-refractivity contribution in [3.05, 3.63) is 53.6 Å². The van der Waals surface area contributed by atoms with Gasteiger partial charge in [-0.2, -0.15) is 0 Å². The molecule has 0 saturated carbocycles. The summed E-state index contributed by atoms with van der Waals surface area (Å²) in [4.78, 5) is 0.258. The van der Waals surface area contributed by atoms with Gasteiger partial charge in [0.15, 0.2) is 9.84 Å². The van der Waals surface area contributed by atoms with Crippen molar-refractivity contribution in [1.29, 1.82) is 0 Å². The molecule has 0 radical (unpaired) electrons. The molecular weight excluding hydrogens is 402 g/mol. The molecule has 1 heterocycles. The van der Waals surface area contributed by atoms with E-state index < -0.39 is 21.3 Å². The zero-order valence-corrected chi connectivity index (χ0v) is 18.1. The fourth-order valence-electron chi connectivity index (χ4n) is 3.57. The van der Waals surface area contributed by atoms with Crippen molar-refractivity contribution in [3.8, 4) is 5.75 Å². The fraction of sp³-hybridized carbons (Fsp3) is 0.455. The highest BCUT2D eigenvalue weighted by Gasteiger charge is 2.26. The van der Waals surface area contributed by atoms with Crippen LogP contribution >= 0.6 is 0 Å². The highest BCUT2D eigenvalue weighted by atomic mass is 32.2. The van der Waals surface area contributed by atoms with E-state index >= 15 is 0 Å². The van der Waals surface area contributed by atoms with E-state index in [2.05, 4.69) is 5.32 Å². The molecule has 7 nitrogen and oxygen atoms in total. The van der Waals surface area contributed by atoms with Gasteiger partial charge in [0.1, 0.15) is 17.2 Å². The summed E-state index contributed by atoms with van der Waals surface area (Å²) in [5, 5.41) is 12.6. The van der Waals surface area contributed by atoms with Crippen LogP contribution in [0, 0.1) is 0 Å². The average Bonchev–Trinajstić information content (AvgIpc) is 2.73. The number of aliphatic hydroxyl groups excluding tert-OH is 1. The maximum absolute atomic E-state index is 12.6. The number of anilines is 1. The Bertz CT molecular complexity index is 947. The number of benzene rings is 2. The summed E-state index contributed by atoms with van der Waals surface area (Å²) in [5.41, 5.74) is 13.9. The van der Waals surface area contributed by atoms with Crippen LogP contribution in [0.4, 0.5) is 5.69 Å². The van der Waals surface area contributed by atoms with Crippen LogP contribution in [0.25, 0.3) is 0 Å². The first kappa shape index (κ1) is 22.6. The lowest BCUT2D eigenvalue weighted by Gasteiger charge is -2.27. The molecule has 0 fully saturated rings. The molecule has 164 valence electrons. The minimum Gasteiger partial charge on any atom is -0.489 e. The first-order valence-electron chi connectivity index (χ1n) is 10.3. The second-order valence-corrected chi connectivity index (χ2v) is 9.93. The Labute approximate surface area is 178 Å². The predicted molar refractivity (Wildman–Crippen MR) is 118 cm³/mol. The van der Waals surface area contributed by atoms with Crippen LogP contribution in [0.2, 0.25) is 0 Å². The lowest BCUT2D eigenvalue weighted by Crippen LogP contribution is -2.36. The molecule has 3 rings (SSSR count). The maximum atomic E-state index is 12.6. The molecule has 0 amide bonds. The third-order valence-electron chi connectivity index (χ3n) is 5.39. The fourth-order valence-corrected chi connectivity index (χ4v) is 5.03. The van der Waals surface area contributed by atoms with Gasteiger partial charge in [0.25, 0.3) is 0 Å². The highest BCUT2D eigenvalue weighted by Crippen LogP contribution is 2.31. The molecule has 0 saturated heterocycles. The molecule has 30 heavy (non-hydrogen) atoms. The molecule has 3 unspecified atom stereocenters. The van der Waals surface area contributed by atoms with Crippen LogP contribution in [-0.2, 0) is 16.3 Å². The first-order valence-corrected chi connectivity index (χ1v) is 11.9. The van der Waals surface area contributed by atoms with E-state index in [0.29, 0.717) is 30.9 Å². The van der Waals surface area contributed by atoms with E-state index in [1.54, 1.807) is 30.3 Å². The number of sulfone groups is 1. The zero-order valence-electron chi connectivity index (χ0n) is 17.3. The van der Waals surface area contributed by atoms with Gasteiger partial charge in [-0.05, 0) is 60.7 Å². The Morgan fingerprint density at radius 1 is 1.23 bits per heavy atom. The topological polar surface area (TPSA) is 128 Å². The van der Waals surface area contributed by atoms with Gasteiger partial charge < -0.3 is 26.6 Å². The summed E-state index contributed by atoms with van der Waals surface area (Å²) < 4.78 is 31.2. The van der Waals surface area contributed by atoms with Crippen LogP contribution in [0.15, 0.2) is 47.4 Å². The third kappa shape index (κ3) is 5.31. The normalized spacial score (nSPS) is 18.3. The molecule has 1 aliphatic rings. The number of nitrogens with one attached hydrogen (secondary N) is 1. The Morgan fingerprint density at radius 2 is 1.97 bits per heavy atom. The van der Waals surface area contributed by atoms with Crippen molar-refractivity contribution in [2.75, 3.05) is 18.8 Å². The second kappa shape index (κ2) is 9.78. The van der Waals surface area contributed by atoms with Gasteiger partial charge in [-0.25, -0.2) is 8.42 Å². The summed E-state index contributed by atoms with van der Waals surface area (Å²) in [7, 11) is -3.53. The quantitative estimate of drug-likeness (QED) is 0.446. The number of ether oxygens (including phenoxy) is 1. The third-order valence-corrected chi connectivity index (χ3v) is 7.34. The van der Waals surface area contributed by atoms with Gasteiger partial charge in [0.2, 0.25) is 0 Å². The SMILES string of the molecule is CCCC(N)S(=O)(=O)c1ccc2c(c1)CCC(CNCC(O)c1ccc(N)cc1)O2. The van der Waals surface area contributed by atoms with Crippen molar-refractivity contribution in [2.45, 2.75) is 55.1 Å². The number of hydrogen-bond donors (Lipinski definition) is 4. The van der Waals surface area contributed by atoms with Crippen LogP contribution in [0.1, 0.15) is 43.4 Å². The minimum atomic E-state index is -3.53. The number of rotatable bonds is 9. The van der Waals surface area contributed by atoms with Gasteiger partial charge in [0.05, 0.1) is 11.0 Å². The van der Waals surface area contributed by atoms with Crippen LogP contribution < -0.4 is 21.5 Å². The van der Waals surface area contributed by atoms with Crippen molar-refractivity contribution in [2.24, 2.45) is 5.73 Å². The zero-order chi connectivity index (χ0) is 21.7. The van der Waals surface area contributed by atoms with E-state index in [1.165, 1.54) is 0 Å². The lowest BCUT2D eigenvalue weighted by molar-refractivity contribution is 0.146. The summed E-state index contributed by atoms with van der Waals surface area (Å²) in [6.45, 7) is 2.91. The lowest BCUT2D eigenvalue weighted by atomic mass is 10.0. The maximum Gasteiger partial charge on any atom is 0.193 e. The molecule has 2 aromatic rings. The van der Waals surface area contributed by atoms with Crippen LogP contribution in [0.5, 0.6) is 5.75 Å². The number of nitrogen functional groups attached to an aromatic ring is 1. The van der Waals surface area contributed by atoms with E-state index in [9.17, 15) is 13.5 Å². The molecule has 0 bridgehead atoms. The predicted octanol–water partition coefficient (Wildman–Crippen LogP) is 2.14. The highest BCUT2D eigenvalue weighted by molar-refractivity contribution is 7.92. The minimum absolute atomic E-state index is 0.0408. The Hall–Kier alpha value is -2.13. The Kier molecular flexibility index (Phi) is 7.36. The number of aryl methyl sites for hydroxylation is 1. The Balaban J connectivity index is 1.55. The second-order valence-electron chi connectivity index (χ2n) is 7.76. The van der Waals surface area contributed by atoms with E-state index in [1.807, 2.05) is 19.1 Å². The smallest absolute Gasteiger partial charge is 0.193 e. The molecule has 1 aliphatic heterocycles. The molecule has 0 aromatic heterocycles. The summed E-state index contributed by atoms with van der Waals surface area (Å²) in [6.07, 6.45) is 1.99. The van der Waals surface area contributed by atoms with E-state index in [-0.39, 0.29) is 11.0 Å². The Morgan fingerprint density at radius 3 is 2.67 bits per heavy atom. The summed E-state index contributed by atoms with van der Waals surface area (Å²) >= 11 is 0. The molecular formula is C22H31N3O4S. The first-order chi connectivity index (χ1) is 14.3. The largest absolute Gasteiger partial charge is 0.489 e. The monoisotopic (exact) mass is 433 g/mol. The summed E-state index contributed by atoms with van der Waals surface area (Å²) in [6, 6.07) is 12.1. The molecule has 6 N–H and O–H groups in total. The van der Waals surface area contributed by atoms with E-state index in [0.717, 1.165) is 30.4 Å². The number of fused-ring (bicyclic) bond motifs is 1. The van der Waals surface area contributed by atoms with Crippen molar-refractivity contribution in [3.63, 3.8) is 0 Å². The van der Waals surface area contributed by atoms with Gasteiger partial charge in [-0.3, -0.25) is 0 Å². The molecule has 8 heteroatoms. The van der Waals surface area contributed by atoms with Gasteiger partial charge >= 0.3 is 0 Å². The number of hydrogen-bond acceptors (Lipinski definition) is 7. The van der Waals surface area contributed by atoms with Gasteiger partial charge in [0, 0.05) is 18.8 Å². The van der Waals surface area contributed by atoms with Crippen molar-refractivity contribution < 1.29 is 18.3 Å². The van der Waals surface area contributed by atoms with Crippen LogP contribution in [-0.4, -0.2) is 38.1 Å². The van der Waals surface area contributed by atoms with Gasteiger partial charge in [-0.15, -0.1) is 0 Å². The average molecular weight is 434 g/mol. The van der Waals surface area contributed by atoms with E-state index in [4.69, 9.17) is 16.2 Å². The number of aliphatic hydroxyl groups is 1. The van der Waals surface area contributed by atoms with Crippen molar-refractivity contribution in [1.82, 2.24) is 5.32 Å². The molecule has 0 spiro atoms. The van der Waals surface area contributed by atoms with Crippen LogP contribution in [0.3, 0.4) is 0 Å². The molecule has 2 aromatic carbocycles. The molecule has 3 atom stereocenters. The standard InChI is InChI=1S/C22H31N3O4S/c1-2-3-22(24)30(27,28)19-10-11-21-16(12-19)6-9-18(29-21)13-25-14-20(26)15-4-7-17(23)8-5-15/h4-5,7-8,10-12,18,20,22,25-26H,2-3,6,9,13-14,23-24H2,1H3. The van der Waals surface area contributed by atoms with Gasteiger partial charge in [-0.1, -0.05) is 25.5 Å². The number of nitrogens with two attached hydrogens (primary N) is 2. The molecule has 0 aliphatic carbocycles. The van der Waals surface area contributed by atoms with Crippen molar-refractivity contribution >= 4 is 15.5 Å². The summed E-state index contributed by atoms with van der Waals surface area (Å²) in [5.74, 6) is 0.704.